The van der Waals surface area contributed by atoms with Crippen LogP contribution in [-0.4, -0.2) is 23.2 Å². The summed E-state index contributed by atoms with van der Waals surface area (Å²) in [5.41, 5.74) is 12.2. The number of nitrogens with one attached hydrogen (secondary N) is 2. The van der Waals surface area contributed by atoms with Crippen LogP contribution in [0.4, 0.5) is 5.82 Å². The number of piperidine rings is 1. The van der Waals surface area contributed by atoms with Crippen LogP contribution in [0.2, 0.25) is 0 Å². The van der Waals surface area contributed by atoms with Crippen LogP contribution in [0.3, 0.4) is 0 Å². The normalized spacial score (nSPS) is 17.7. The summed E-state index contributed by atoms with van der Waals surface area (Å²) >= 11 is 0. The van der Waals surface area contributed by atoms with Gasteiger partial charge in [-0.05, 0) is 73.7 Å². The van der Waals surface area contributed by atoms with E-state index >= 15 is 0 Å². The summed E-state index contributed by atoms with van der Waals surface area (Å²) in [7, 11) is 0. The number of nitrogens with zero attached hydrogens (tertiary/aromatic N) is 1. The third kappa shape index (κ3) is 7.23. The van der Waals surface area contributed by atoms with Gasteiger partial charge in [-0.1, -0.05) is 58.7 Å². The van der Waals surface area contributed by atoms with Crippen LogP contribution in [0, 0.1) is 18.8 Å². The number of allylic oxidation sites excluding steroid dienone is 1. The van der Waals surface area contributed by atoms with Crippen molar-refractivity contribution in [1.29, 1.82) is 0 Å². The van der Waals surface area contributed by atoms with Crippen molar-refractivity contribution < 1.29 is 5.11 Å². The van der Waals surface area contributed by atoms with E-state index in [0.29, 0.717) is 24.2 Å². The second-order valence-electron chi connectivity index (χ2n) is 10.4. The number of rotatable bonds is 8. The molecule has 0 radical (unpaired) electrons. The first-order chi connectivity index (χ1) is 16.3. The second kappa shape index (κ2) is 12.3. The lowest BCUT2D eigenvalue weighted by Crippen LogP contribution is -2.30. The highest BCUT2D eigenvalue weighted by Crippen LogP contribution is 2.37. The summed E-state index contributed by atoms with van der Waals surface area (Å²) in [6.45, 7) is 15.4. The van der Waals surface area contributed by atoms with Gasteiger partial charge in [0, 0.05) is 29.9 Å². The smallest absolute Gasteiger partial charge is 0.129 e. The lowest BCUT2D eigenvalue weighted by Gasteiger charge is -2.27. The van der Waals surface area contributed by atoms with E-state index in [0.717, 1.165) is 66.4 Å². The molecule has 186 valence electrons. The van der Waals surface area contributed by atoms with E-state index in [1.807, 2.05) is 19.1 Å². The highest BCUT2D eigenvalue weighted by atomic mass is 16.3. The summed E-state index contributed by atoms with van der Waals surface area (Å²) in [6, 6.07) is 7.66. The van der Waals surface area contributed by atoms with Gasteiger partial charge < -0.3 is 21.5 Å². The monoisotopic (exact) mass is 464 g/mol. The highest BCUT2D eigenvalue weighted by Gasteiger charge is 2.23. The molecule has 2 heterocycles. The van der Waals surface area contributed by atoms with Crippen molar-refractivity contribution in [3.05, 3.63) is 53.2 Å². The molecule has 2 fully saturated rings. The van der Waals surface area contributed by atoms with E-state index in [1.165, 1.54) is 24.8 Å². The lowest BCUT2D eigenvalue weighted by molar-refractivity contribution is 0.458. The molecular weight excluding hydrogens is 420 g/mol. The minimum Gasteiger partial charge on any atom is -0.507 e. The van der Waals surface area contributed by atoms with Crippen LogP contribution in [0.1, 0.15) is 81.9 Å². The number of benzene rings is 1. The summed E-state index contributed by atoms with van der Waals surface area (Å²) < 4.78 is 0. The average molecular weight is 465 g/mol. The van der Waals surface area contributed by atoms with Crippen molar-refractivity contribution in [1.82, 2.24) is 15.6 Å². The van der Waals surface area contributed by atoms with E-state index < -0.39 is 0 Å². The quantitative estimate of drug-likeness (QED) is 0.370. The number of nitrogen functional groups attached to an aromatic ring is 1. The number of hydrogen-bond acceptors (Lipinski definition) is 5. The fourth-order valence-corrected chi connectivity index (χ4v) is 4.70. The molecule has 0 bridgehead atoms. The predicted octanol–water partition coefficient (Wildman–Crippen LogP) is 6.27. The molecular formula is C29H44N4O. The fourth-order valence-electron chi connectivity index (χ4n) is 4.70. The Morgan fingerprint density at radius 3 is 2.62 bits per heavy atom. The van der Waals surface area contributed by atoms with E-state index in [2.05, 4.69) is 49.0 Å². The Morgan fingerprint density at radius 1 is 1.29 bits per heavy atom. The van der Waals surface area contributed by atoms with Gasteiger partial charge in [0.05, 0.1) is 5.69 Å². The Kier molecular flexibility index (Phi) is 9.40. The number of phenolic OH excluding ortho intramolecular Hbond substituents is 1. The molecule has 2 aromatic rings. The third-order valence-electron chi connectivity index (χ3n) is 6.88. The predicted molar refractivity (Wildman–Crippen MR) is 144 cm³/mol. The molecule has 5 heteroatoms. The Hall–Kier alpha value is -2.53. The van der Waals surface area contributed by atoms with Gasteiger partial charge in [-0.2, -0.15) is 0 Å². The molecule has 1 aliphatic heterocycles. The maximum atomic E-state index is 10.4. The zero-order chi connectivity index (χ0) is 24.7. The van der Waals surface area contributed by atoms with Crippen molar-refractivity contribution in [2.24, 2.45) is 11.8 Å². The van der Waals surface area contributed by atoms with Gasteiger partial charge in [-0.25, -0.2) is 4.98 Å². The van der Waals surface area contributed by atoms with Crippen molar-refractivity contribution in [2.45, 2.75) is 78.7 Å². The molecule has 1 aromatic heterocycles. The van der Waals surface area contributed by atoms with Gasteiger partial charge in [0.15, 0.2) is 0 Å². The standard InChI is InChI=1S/C24H34N4O.C5H10/c1-15(2)11-17(4)27-14-20-19(18-8-6-10-26-13-18)12-21(28-24(20)25)23-16(3)7-5-9-22(23)29;1-2-5-3-4-5/h5,7,9,12,15,18,26-27,29H,4,6,8,10-11,13-14H2,1-3H3,(H2,25,28);5H,2-4H2,1H3. The van der Waals surface area contributed by atoms with E-state index in [9.17, 15) is 5.11 Å². The van der Waals surface area contributed by atoms with Crippen LogP contribution in [0.25, 0.3) is 11.3 Å². The number of nitrogens with two attached hydrogens (primary N) is 1. The zero-order valence-electron chi connectivity index (χ0n) is 21.6. The average Bonchev–Trinajstić information content (AvgIpc) is 3.63. The summed E-state index contributed by atoms with van der Waals surface area (Å²) in [5, 5.41) is 17.4. The first-order valence-electron chi connectivity index (χ1n) is 13.0. The van der Waals surface area contributed by atoms with E-state index in [-0.39, 0.29) is 5.75 Å². The molecule has 5 N–H and O–H groups in total. The zero-order valence-corrected chi connectivity index (χ0v) is 21.6. The molecule has 1 atom stereocenters. The van der Waals surface area contributed by atoms with Crippen molar-refractivity contribution in [3.63, 3.8) is 0 Å². The van der Waals surface area contributed by atoms with Crippen molar-refractivity contribution >= 4 is 5.82 Å². The SMILES string of the molecule is C=C(CC(C)C)NCc1c(C2CCCNC2)cc(-c2c(C)cccc2O)nc1N.CCC1CC1. The first-order valence-corrected chi connectivity index (χ1v) is 13.0. The molecule has 1 unspecified atom stereocenters. The molecule has 0 spiro atoms. The molecule has 34 heavy (non-hydrogen) atoms. The molecule has 1 aliphatic carbocycles. The number of aromatic hydroxyl groups is 1. The van der Waals surface area contributed by atoms with Gasteiger partial charge in [0.25, 0.3) is 0 Å². The number of aromatic nitrogens is 1. The fraction of sp³-hybridized carbons (Fsp3) is 0.552. The summed E-state index contributed by atoms with van der Waals surface area (Å²) in [6.07, 6.45) is 7.64. The summed E-state index contributed by atoms with van der Waals surface area (Å²) in [4.78, 5) is 4.69. The number of hydrogen-bond donors (Lipinski definition) is 4. The Labute approximate surface area is 206 Å². The molecule has 5 nitrogen and oxygen atoms in total. The molecule has 2 aliphatic rings. The van der Waals surface area contributed by atoms with Crippen molar-refractivity contribution in [2.75, 3.05) is 18.8 Å². The highest BCUT2D eigenvalue weighted by molar-refractivity contribution is 5.73. The maximum absolute atomic E-state index is 10.4. The van der Waals surface area contributed by atoms with Gasteiger partial charge >= 0.3 is 0 Å². The molecule has 0 amide bonds. The second-order valence-corrected chi connectivity index (χ2v) is 10.4. The van der Waals surface area contributed by atoms with Crippen molar-refractivity contribution in [3.8, 4) is 17.0 Å². The van der Waals surface area contributed by atoms with E-state index in [1.54, 1.807) is 6.07 Å². The number of phenols is 1. The minimum atomic E-state index is 0.237. The van der Waals surface area contributed by atoms with Crippen LogP contribution in [0.15, 0.2) is 36.5 Å². The molecule has 4 rings (SSSR count). The number of pyridine rings is 1. The van der Waals surface area contributed by atoms with Crippen LogP contribution in [-0.2, 0) is 6.54 Å². The number of anilines is 1. The number of aryl methyl sites for hydroxylation is 1. The van der Waals surface area contributed by atoms with Crippen LogP contribution >= 0.6 is 0 Å². The molecule has 1 saturated heterocycles. The summed E-state index contributed by atoms with van der Waals surface area (Å²) in [5.74, 6) is 2.83. The molecule has 1 aromatic carbocycles. The Morgan fingerprint density at radius 2 is 2.06 bits per heavy atom. The maximum Gasteiger partial charge on any atom is 0.129 e. The van der Waals surface area contributed by atoms with Gasteiger partial charge in [-0.3, -0.25) is 0 Å². The van der Waals surface area contributed by atoms with Gasteiger partial charge in [-0.15, -0.1) is 0 Å². The van der Waals surface area contributed by atoms with Gasteiger partial charge in [0.2, 0.25) is 0 Å². The Bertz CT molecular complexity index is 939. The third-order valence-corrected chi connectivity index (χ3v) is 6.88. The van der Waals surface area contributed by atoms with E-state index in [4.69, 9.17) is 5.73 Å². The molecule has 1 saturated carbocycles. The first kappa shape index (κ1) is 26.1. The largest absolute Gasteiger partial charge is 0.507 e. The van der Waals surface area contributed by atoms with Crippen LogP contribution in [0.5, 0.6) is 5.75 Å². The minimum absolute atomic E-state index is 0.237. The Balaban J connectivity index is 0.000000574. The topological polar surface area (TPSA) is 83.2 Å². The lowest BCUT2D eigenvalue weighted by atomic mass is 9.87. The van der Waals surface area contributed by atoms with Crippen LogP contribution < -0.4 is 16.4 Å². The van der Waals surface area contributed by atoms with Gasteiger partial charge in [0.1, 0.15) is 11.6 Å².